The Hall–Kier alpha value is -1.16. The van der Waals surface area contributed by atoms with Crippen LogP contribution in [0.25, 0.3) is 0 Å². The van der Waals surface area contributed by atoms with E-state index in [4.69, 9.17) is 0 Å². The minimum Gasteiger partial charge on any atom is -0.293 e. The number of rotatable bonds is 4. The Balaban J connectivity index is 2.69. The number of hydrogen-bond donors (Lipinski definition) is 0. The van der Waals surface area contributed by atoms with Crippen molar-refractivity contribution in [1.82, 2.24) is 14.7 Å². The van der Waals surface area contributed by atoms with Crippen molar-refractivity contribution in [2.45, 2.75) is 26.8 Å². The lowest BCUT2D eigenvalue weighted by Gasteiger charge is -2.24. The Morgan fingerprint density at radius 2 is 2.14 bits per heavy atom. The van der Waals surface area contributed by atoms with E-state index in [-0.39, 0.29) is 11.9 Å². The van der Waals surface area contributed by atoms with Gasteiger partial charge in [-0.05, 0) is 26.1 Å². The normalized spacial score (nSPS) is 13.1. The molecular formula is C10H17N3O. The maximum atomic E-state index is 11.8. The van der Waals surface area contributed by atoms with Gasteiger partial charge in [-0.25, -0.2) is 4.68 Å². The van der Waals surface area contributed by atoms with Crippen molar-refractivity contribution in [3.05, 3.63) is 18.5 Å². The quantitative estimate of drug-likeness (QED) is 0.725. The third-order valence-electron chi connectivity index (χ3n) is 2.45. The molecule has 4 nitrogen and oxygen atoms in total. The van der Waals surface area contributed by atoms with Crippen LogP contribution >= 0.6 is 0 Å². The molecule has 4 heteroatoms. The van der Waals surface area contributed by atoms with Crippen LogP contribution in [0.15, 0.2) is 18.5 Å². The van der Waals surface area contributed by atoms with Gasteiger partial charge < -0.3 is 0 Å². The SMILES string of the molecule is CCN(CC)C(C)C(=O)n1cccn1. The highest BCUT2D eigenvalue weighted by Crippen LogP contribution is 2.01. The van der Waals surface area contributed by atoms with E-state index in [1.54, 1.807) is 18.5 Å². The molecular weight excluding hydrogens is 178 g/mol. The van der Waals surface area contributed by atoms with E-state index in [9.17, 15) is 4.79 Å². The number of hydrogen-bond acceptors (Lipinski definition) is 3. The lowest BCUT2D eigenvalue weighted by Crippen LogP contribution is -2.41. The van der Waals surface area contributed by atoms with Gasteiger partial charge in [0.25, 0.3) is 5.91 Å². The van der Waals surface area contributed by atoms with Crippen molar-refractivity contribution in [2.24, 2.45) is 0 Å². The molecule has 1 aromatic rings. The second-order valence-electron chi connectivity index (χ2n) is 3.19. The number of aromatic nitrogens is 2. The lowest BCUT2D eigenvalue weighted by atomic mass is 10.2. The zero-order valence-corrected chi connectivity index (χ0v) is 8.97. The first-order valence-electron chi connectivity index (χ1n) is 4.98. The van der Waals surface area contributed by atoms with Gasteiger partial charge in [-0.2, -0.15) is 5.10 Å². The van der Waals surface area contributed by atoms with Gasteiger partial charge in [0, 0.05) is 12.4 Å². The monoisotopic (exact) mass is 195 g/mol. The molecule has 1 heterocycles. The number of likely N-dealkylation sites (N-methyl/N-ethyl adjacent to an activating group) is 1. The molecule has 0 aliphatic rings. The molecule has 0 fully saturated rings. The molecule has 0 radical (unpaired) electrons. The maximum absolute atomic E-state index is 11.8. The fourth-order valence-electron chi connectivity index (χ4n) is 1.52. The van der Waals surface area contributed by atoms with Crippen LogP contribution in [0, 0.1) is 0 Å². The van der Waals surface area contributed by atoms with Gasteiger partial charge in [-0.1, -0.05) is 13.8 Å². The molecule has 1 unspecified atom stereocenters. The van der Waals surface area contributed by atoms with Crippen LogP contribution in [-0.4, -0.2) is 39.7 Å². The van der Waals surface area contributed by atoms with Crippen LogP contribution in [0.1, 0.15) is 25.6 Å². The second-order valence-corrected chi connectivity index (χ2v) is 3.19. The molecule has 78 valence electrons. The Bertz CT molecular complexity index is 278. The van der Waals surface area contributed by atoms with E-state index in [2.05, 4.69) is 23.8 Å². The molecule has 0 amide bonds. The largest absolute Gasteiger partial charge is 0.293 e. The van der Waals surface area contributed by atoms with E-state index in [0.717, 1.165) is 13.1 Å². The number of carbonyl (C=O) groups is 1. The zero-order valence-electron chi connectivity index (χ0n) is 8.97. The van der Waals surface area contributed by atoms with Gasteiger partial charge in [0.05, 0.1) is 6.04 Å². The molecule has 1 rings (SSSR count). The Morgan fingerprint density at radius 1 is 1.50 bits per heavy atom. The van der Waals surface area contributed by atoms with Crippen LogP contribution in [0.4, 0.5) is 0 Å². The summed E-state index contributed by atoms with van der Waals surface area (Å²) in [6.07, 6.45) is 3.30. The minimum absolute atomic E-state index is 0.0266. The van der Waals surface area contributed by atoms with Crippen molar-refractivity contribution in [2.75, 3.05) is 13.1 Å². The van der Waals surface area contributed by atoms with Gasteiger partial charge in [-0.15, -0.1) is 0 Å². The Morgan fingerprint density at radius 3 is 2.57 bits per heavy atom. The van der Waals surface area contributed by atoms with Crippen molar-refractivity contribution in [1.29, 1.82) is 0 Å². The first kappa shape index (κ1) is 10.9. The second kappa shape index (κ2) is 4.91. The smallest absolute Gasteiger partial charge is 0.263 e. The standard InChI is InChI=1S/C10H17N3O/c1-4-12(5-2)9(3)10(14)13-8-6-7-11-13/h6-9H,4-5H2,1-3H3. The summed E-state index contributed by atoms with van der Waals surface area (Å²) in [5.41, 5.74) is 0. The van der Waals surface area contributed by atoms with Crippen molar-refractivity contribution in [3.63, 3.8) is 0 Å². The van der Waals surface area contributed by atoms with Gasteiger partial charge in [0.15, 0.2) is 0 Å². The Labute approximate surface area is 84.5 Å². The first-order valence-corrected chi connectivity index (χ1v) is 4.98. The average molecular weight is 195 g/mol. The van der Waals surface area contributed by atoms with E-state index < -0.39 is 0 Å². The summed E-state index contributed by atoms with van der Waals surface area (Å²) in [7, 11) is 0. The highest BCUT2D eigenvalue weighted by molar-refractivity contribution is 5.82. The molecule has 0 N–H and O–H groups in total. The number of nitrogens with zero attached hydrogens (tertiary/aromatic N) is 3. The molecule has 1 aromatic heterocycles. The van der Waals surface area contributed by atoms with Crippen LogP contribution in [0.5, 0.6) is 0 Å². The topological polar surface area (TPSA) is 38.1 Å². The molecule has 1 atom stereocenters. The first-order chi connectivity index (χ1) is 6.70. The molecule has 0 spiro atoms. The molecule has 0 bridgehead atoms. The third-order valence-corrected chi connectivity index (χ3v) is 2.45. The van der Waals surface area contributed by atoms with Crippen molar-refractivity contribution >= 4 is 5.91 Å². The minimum atomic E-state index is -0.107. The lowest BCUT2D eigenvalue weighted by molar-refractivity contribution is 0.0746. The third kappa shape index (κ3) is 2.20. The molecule has 0 saturated heterocycles. The van der Waals surface area contributed by atoms with Gasteiger partial charge in [-0.3, -0.25) is 9.69 Å². The summed E-state index contributed by atoms with van der Waals surface area (Å²) in [4.78, 5) is 13.9. The highest BCUT2D eigenvalue weighted by Gasteiger charge is 2.19. The average Bonchev–Trinajstić information content (AvgIpc) is 2.71. The predicted molar refractivity (Wildman–Crippen MR) is 55.2 cm³/mol. The van der Waals surface area contributed by atoms with Crippen LogP contribution in [0.3, 0.4) is 0 Å². The van der Waals surface area contributed by atoms with E-state index >= 15 is 0 Å². The number of carbonyl (C=O) groups excluding carboxylic acids is 1. The zero-order chi connectivity index (χ0) is 10.6. The van der Waals surface area contributed by atoms with E-state index in [1.807, 2.05) is 6.92 Å². The highest BCUT2D eigenvalue weighted by atomic mass is 16.2. The summed E-state index contributed by atoms with van der Waals surface area (Å²) in [6.45, 7) is 7.78. The van der Waals surface area contributed by atoms with E-state index in [0.29, 0.717) is 0 Å². The molecule has 0 aromatic carbocycles. The van der Waals surface area contributed by atoms with E-state index in [1.165, 1.54) is 4.68 Å². The molecule has 0 saturated carbocycles. The Kier molecular flexibility index (Phi) is 3.83. The molecule has 14 heavy (non-hydrogen) atoms. The van der Waals surface area contributed by atoms with Crippen LogP contribution in [0.2, 0.25) is 0 Å². The summed E-state index contributed by atoms with van der Waals surface area (Å²) < 4.78 is 1.39. The fourth-order valence-corrected chi connectivity index (χ4v) is 1.52. The predicted octanol–water partition coefficient (Wildman–Crippen LogP) is 1.25. The summed E-state index contributed by atoms with van der Waals surface area (Å²) in [5, 5.41) is 3.93. The van der Waals surface area contributed by atoms with Gasteiger partial charge in [0.2, 0.25) is 0 Å². The fraction of sp³-hybridized carbons (Fsp3) is 0.600. The summed E-state index contributed by atoms with van der Waals surface area (Å²) in [5.74, 6) is 0.0266. The van der Waals surface area contributed by atoms with Crippen molar-refractivity contribution < 1.29 is 4.79 Å². The summed E-state index contributed by atoms with van der Waals surface area (Å²) in [6, 6.07) is 1.65. The van der Waals surface area contributed by atoms with Gasteiger partial charge in [0.1, 0.15) is 0 Å². The van der Waals surface area contributed by atoms with Gasteiger partial charge >= 0.3 is 0 Å². The van der Waals surface area contributed by atoms with Crippen LogP contribution in [-0.2, 0) is 0 Å². The molecule has 0 aliphatic heterocycles. The van der Waals surface area contributed by atoms with Crippen molar-refractivity contribution in [3.8, 4) is 0 Å². The molecule has 0 aliphatic carbocycles. The summed E-state index contributed by atoms with van der Waals surface area (Å²) >= 11 is 0. The maximum Gasteiger partial charge on any atom is 0.263 e. The van der Waals surface area contributed by atoms with Crippen LogP contribution < -0.4 is 0 Å².